The largest absolute Gasteiger partial charge is 0.461 e. The number of pyridine rings is 1. The Bertz CT molecular complexity index is 1150. The highest BCUT2D eigenvalue weighted by atomic mass is 19.1. The van der Waals surface area contributed by atoms with Gasteiger partial charge in [0.2, 0.25) is 0 Å². The van der Waals surface area contributed by atoms with E-state index in [-0.39, 0.29) is 25.5 Å². The molecule has 0 spiro atoms. The minimum atomic E-state index is -0.563. The molecule has 1 unspecified atom stereocenters. The third-order valence-corrected chi connectivity index (χ3v) is 5.66. The zero-order valence-corrected chi connectivity index (χ0v) is 19.1. The third kappa shape index (κ3) is 5.80. The van der Waals surface area contributed by atoms with Gasteiger partial charge in [0.1, 0.15) is 30.0 Å². The van der Waals surface area contributed by atoms with Crippen LogP contribution < -0.4 is 10.6 Å². The molecule has 35 heavy (non-hydrogen) atoms. The number of anilines is 1. The Kier molecular flexibility index (Phi) is 7.35. The van der Waals surface area contributed by atoms with Crippen LogP contribution in [-0.4, -0.2) is 60.4 Å². The lowest BCUT2D eigenvalue weighted by atomic mass is 10.0. The number of cyclic esters (lactones) is 1. The van der Waals surface area contributed by atoms with Crippen molar-refractivity contribution in [2.24, 2.45) is 10.9 Å². The summed E-state index contributed by atoms with van der Waals surface area (Å²) in [6.07, 6.45) is 1.32. The summed E-state index contributed by atoms with van der Waals surface area (Å²) < 4.78 is 25.2. The maximum absolute atomic E-state index is 15.0. The van der Waals surface area contributed by atoms with E-state index in [9.17, 15) is 18.8 Å². The van der Waals surface area contributed by atoms with Gasteiger partial charge >= 0.3 is 12.1 Å². The van der Waals surface area contributed by atoms with Gasteiger partial charge in [-0.05, 0) is 37.6 Å². The second kappa shape index (κ2) is 10.6. The van der Waals surface area contributed by atoms with Crippen LogP contribution in [-0.2, 0) is 23.9 Å². The molecule has 2 N–H and O–H groups in total. The number of carbonyl (C=O) groups is 3. The van der Waals surface area contributed by atoms with E-state index in [1.807, 2.05) is 0 Å². The van der Waals surface area contributed by atoms with Crippen LogP contribution in [0.25, 0.3) is 11.1 Å². The quantitative estimate of drug-likeness (QED) is 0.537. The molecule has 1 aromatic heterocycles. The van der Waals surface area contributed by atoms with Gasteiger partial charge in [-0.25, -0.2) is 9.18 Å². The molecule has 11 heteroatoms. The predicted octanol–water partition coefficient (Wildman–Crippen LogP) is 2.58. The molecule has 0 aliphatic carbocycles. The molecule has 1 aromatic carbocycles. The molecule has 184 valence electrons. The highest BCUT2D eigenvalue weighted by Gasteiger charge is 2.32. The first-order valence-electron chi connectivity index (χ1n) is 11.2. The number of aromatic nitrogens is 1. The molecule has 2 atom stereocenters. The average molecular weight is 484 g/mol. The Labute approximate surface area is 200 Å². The van der Waals surface area contributed by atoms with Gasteiger partial charge in [0.05, 0.1) is 24.5 Å². The molecule has 4 rings (SSSR count). The standard InChI is InChI=1S/C24H25FN4O6/c1-14(30)2-5-17-12-29(24(32)34-17)16-4-6-19(20(25)8-16)15-3-7-21(27-11-15)22-9-18(35-28-22)13-33-23(31)10-26/h3-4,6-8,11,17-18H,2,5,9-10,12-13,26H2,1H3/t17-,18?/m0/s1. The summed E-state index contributed by atoms with van der Waals surface area (Å²) in [5.74, 6) is -1.01. The van der Waals surface area contributed by atoms with E-state index in [0.29, 0.717) is 47.5 Å². The van der Waals surface area contributed by atoms with Crippen LogP contribution in [0.5, 0.6) is 0 Å². The average Bonchev–Trinajstić information content (AvgIpc) is 3.48. The van der Waals surface area contributed by atoms with Crippen LogP contribution in [0.4, 0.5) is 14.9 Å². The zero-order valence-electron chi connectivity index (χ0n) is 19.1. The fourth-order valence-electron chi connectivity index (χ4n) is 3.79. The lowest BCUT2D eigenvalue weighted by Gasteiger charge is -2.14. The molecule has 2 aliphatic heterocycles. The summed E-state index contributed by atoms with van der Waals surface area (Å²) >= 11 is 0. The zero-order chi connectivity index (χ0) is 24.9. The monoisotopic (exact) mass is 484 g/mol. The number of Topliss-reactive ketones (excluding diaryl/α,β-unsaturated/α-hetero) is 1. The number of hydrogen-bond donors (Lipinski definition) is 1. The van der Waals surface area contributed by atoms with Gasteiger partial charge in [0.25, 0.3) is 0 Å². The number of amides is 1. The number of hydrogen-bond acceptors (Lipinski definition) is 9. The molecular formula is C24H25FN4O6. The van der Waals surface area contributed by atoms with Gasteiger partial charge in [0.15, 0.2) is 6.10 Å². The first kappa shape index (κ1) is 24.3. The van der Waals surface area contributed by atoms with Gasteiger partial charge in [-0.1, -0.05) is 11.2 Å². The Hall–Kier alpha value is -3.86. The second-order valence-corrected chi connectivity index (χ2v) is 8.31. The minimum absolute atomic E-state index is 0.0230. The van der Waals surface area contributed by atoms with Crippen molar-refractivity contribution in [3.05, 3.63) is 48.0 Å². The summed E-state index contributed by atoms with van der Waals surface area (Å²) in [4.78, 5) is 45.5. The molecule has 10 nitrogen and oxygen atoms in total. The van der Waals surface area contributed by atoms with E-state index in [2.05, 4.69) is 10.1 Å². The van der Waals surface area contributed by atoms with E-state index in [4.69, 9.17) is 20.0 Å². The number of ether oxygens (including phenoxy) is 2. The van der Waals surface area contributed by atoms with E-state index in [1.54, 1.807) is 24.3 Å². The highest BCUT2D eigenvalue weighted by Crippen LogP contribution is 2.30. The van der Waals surface area contributed by atoms with Crippen molar-refractivity contribution < 1.29 is 33.1 Å². The molecule has 1 fully saturated rings. The first-order chi connectivity index (χ1) is 16.8. The molecule has 3 heterocycles. The van der Waals surface area contributed by atoms with E-state index in [0.717, 1.165) is 0 Å². The number of benzene rings is 1. The number of oxime groups is 1. The smallest absolute Gasteiger partial charge is 0.414 e. The van der Waals surface area contributed by atoms with Crippen LogP contribution in [0, 0.1) is 5.82 Å². The van der Waals surface area contributed by atoms with Crippen molar-refractivity contribution in [1.82, 2.24) is 4.98 Å². The van der Waals surface area contributed by atoms with Gasteiger partial charge in [-0.2, -0.15) is 0 Å². The van der Waals surface area contributed by atoms with E-state index in [1.165, 1.54) is 24.1 Å². The summed E-state index contributed by atoms with van der Waals surface area (Å²) in [6.45, 7) is 1.59. The van der Waals surface area contributed by atoms with Crippen LogP contribution in [0.3, 0.4) is 0 Å². The molecule has 0 bridgehead atoms. The molecular weight excluding hydrogens is 459 g/mol. The minimum Gasteiger partial charge on any atom is -0.461 e. The van der Waals surface area contributed by atoms with Crippen molar-refractivity contribution in [3.63, 3.8) is 0 Å². The van der Waals surface area contributed by atoms with Crippen molar-refractivity contribution in [3.8, 4) is 11.1 Å². The fourth-order valence-corrected chi connectivity index (χ4v) is 3.79. The first-order valence-corrected chi connectivity index (χ1v) is 11.2. The summed E-state index contributed by atoms with van der Waals surface area (Å²) in [5, 5.41) is 3.99. The van der Waals surface area contributed by atoms with Gasteiger partial charge in [-0.15, -0.1) is 0 Å². The van der Waals surface area contributed by atoms with Crippen molar-refractivity contribution in [1.29, 1.82) is 0 Å². The molecule has 0 saturated carbocycles. The fraction of sp³-hybridized carbons (Fsp3) is 0.375. The Morgan fingerprint density at radius 2 is 2.09 bits per heavy atom. The number of carbonyl (C=O) groups excluding carboxylic acids is 3. The Morgan fingerprint density at radius 3 is 2.77 bits per heavy atom. The number of nitrogens with zero attached hydrogens (tertiary/aromatic N) is 3. The van der Waals surface area contributed by atoms with Crippen LogP contribution in [0.1, 0.15) is 31.9 Å². The van der Waals surface area contributed by atoms with Crippen LogP contribution in [0.15, 0.2) is 41.7 Å². The predicted molar refractivity (Wildman–Crippen MR) is 123 cm³/mol. The number of nitrogens with two attached hydrogens (primary N) is 1. The highest BCUT2D eigenvalue weighted by molar-refractivity contribution is 5.99. The van der Waals surface area contributed by atoms with E-state index >= 15 is 0 Å². The molecule has 0 radical (unpaired) electrons. The normalized spacial score (nSPS) is 19.2. The third-order valence-electron chi connectivity index (χ3n) is 5.66. The lowest BCUT2D eigenvalue weighted by Crippen LogP contribution is -2.24. The van der Waals surface area contributed by atoms with Crippen LogP contribution in [0.2, 0.25) is 0 Å². The number of esters is 1. The number of rotatable bonds is 9. The lowest BCUT2D eigenvalue weighted by molar-refractivity contribution is -0.145. The summed E-state index contributed by atoms with van der Waals surface area (Å²) in [6, 6.07) is 7.92. The van der Waals surface area contributed by atoms with Gasteiger partial charge < -0.3 is 24.8 Å². The SMILES string of the molecule is CC(=O)CC[C@H]1CN(c2ccc(-c3ccc(C4=NOC(COC(=O)CN)C4)nc3)c(F)c2)C(=O)O1. The maximum Gasteiger partial charge on any atom is 0.414 e. The van der Waals surface area contributed by atoms with Crippen molar-refractivity contribution in [2.75, 3.05) is 24.6 Å². The topological polar surface area (TPSA) is 133 Å². The Balaban J connectivity index is 1.39. The van der Waals surface area contributed by atoms with Crippen molar-refractivity contribution in [2.45, 2.75) is 38.4 Å². The number of ketones is 1. The van der Waals surface area contributed by atoms with E-state index < -0.39 is 30.1 Å². The number of halogens is 1. The van der Waals surface area contributed by atoms with Gasteiger partial charge in [0, 0.05) is 30.2 Å². The molecule has 2 aromatic rings. The molecule has 2 aliphatic rings. The summed E-state index contributed by atoms with van der Waals surface area (Å²) in [5.41, 5.74) is 7.61. The van der Waals surface area contributed by atoms with Gasteiger partial charge in [-0.3, -0.25) is 14.7 Å². The molecule has 1 saturated heterocycles. The Morgan fingerprint density at radius 1 is 1.26 bits per heavy atom. The maximum atomic E-state index is 15.0. The van der Waals surface area contributed by atoms with Crippen molar-refractivity contribution >= 4 is 29.2 Å². The second-order valence-electron chi connectivity index (χ2n) is 8.31. The summed E-state index contributed by atoms with van der Waals surface area (Å²) in [7, 11) is 0. The molecule has 1 amide bonds. The van der Waals surface area contributed by atoms with Crippen LogP contribution >= 0.6 is 0 Å².